The molecule has 2 atom stereocenters. The van der Waals surface area contributed by atoms with Crippen molar-refractivity contribution in [1.29, 1.82) is 0 Å². The van der Waals surface area contributed by atoms with E-state index in [1.54, 1.807) is 12.7 Å². The lowest BCUT2D eigenvalue weighted by molar-refractivity contribution is 0.218. The van der Waals surface area contributed by atoms with Crippen molar-refractivity contribution in [3.05, 3.63) is 12.7 Å². The first-order valence-electron chi connectivity index (χ1n) is 7.07. The number of fused-ring (bicyclic) bond motifs is 1. The zero-order chi connectivity index (χ0) is 14.2. The lowest BCUT2D eigenvalue weighted by atomic mass is 9.75. The van der Waals surface area contributed by atoms with Gasteiger partial charge in [-0.1, -0.05) is 25.6 Å². The quantitative estimate of drug-likeness (QED) is 0.851. The van der Waals surface area contributed by atoms with Crippen molar-refractivity contribution in [2.24, 2.45) is 5.41 Å². The van der Waals surface area contributed by atoms with Gasteiger partial charge in [-0.05, 0) is 31.7 Å². The molecule has 0 bridgehead atoms. The van der Waals surface area contributed by atoms with Crippen LogP contribution < -0.4 is 5.32 Å². The summed E-state index contributed by atoms with van der Waals surface area (Å²) >= 11 is 1.85. The molecular weight excluding hydrogens is 270 g/mol. The molecule has 1 saturated carbocycles. The maximum absolute atomic E-state index is 4.44. The van der Waals surface area contributed by atoms with E-state index in [0.717, 1.165) is 16.2 Å². The highest BCUT2D eigenvalue weighted by molar-refractivity contribution is 8.00. The Morgan fingerprint density at radius 2 is 2.20 bits per heavy atom. The second-order valence-corrected chi connectivity index (χ2v) is 7.47. The second-order valence-electron chi connectivity index (χ2n) is 6.24. The van der Waals surface area contributed by atoms with Gasteiger partial charge in [0.1, 0.15) is 16.9 Å². The van der Waals surface area contributed by atoms with Crippen LogP contribution in [-0.4, -0.2) is 38.3 Å². The summed E-state index contributed by atoms with van der Waals surface area (Å²) in [4.78, 5) is 16.0. The Balaban J connectivity index is 1.86. The van der Waals surface area contributed by atoms with Gasteiger partial charge in [0.05, 0.1) is 6.33 Å². The first-order valence-corrected chi connectivity index (χ1v) is 7.95. The van der Waals surface area contributed by atoms with E-state index in [2.05, 4.69) is 46.1 Å². The molecule has 2 heterocycles. The van der Waals surface area contributed by atoms with E-state index in [1.165, 1.54) is 19.3 Å². The molecule has 0 spiro atoms. The highest BCUT2D eigenvalue weighted by Crippen LogP contribution is 2.42. The van der Waals surface area contributed by atoms with Crippen LogP contribution in [0.3, 0.4) is 0 Å². The molecule has 2 unspecified atom stereocenters. The highest BCUT2D eigenvalue weighted by Gasteiger charge is 2.35. The van der Waals surface area contributed by atoms with E-state index in [9.17, 15) is 0 Å². The fourth-order valence-corrected chi connectivity index (χ4v) is 4.58. The molecule has 3 rings (SSSR count). The van der Waals surface area contributed by atoms with Gasteiger partial charge in [-0.3, -0.25) is 0 Å². The maximum Gasteiger partial charge on any atom is 0.181 e. The fourth-order valence-electron chi connectivity index (χ4n) is 2.95. The van der Waals surface area contributed by atoms with Crippen molar-refractivity contribution >= 4 is 22.9 Å². The van der Waals surface area contributed by atoms with Gasteiger partial charge in [-0.2, -0.15) is 0 Å². The second kappa shape index (κ2) is 5.33. The Kier molecular flexibility index (Phi) is 3.69. The fraction of sp³-hybridized carbons (Fsp3) is 0.643. The standard InChI is InChI=1S/C14H21N5S/c1-14(2)5-4-9(15-3)10(6-14)20-13-11-12(17-7-16-11)18-8-19-13/h7-10,15H,4-6H2,1-3H3,(H,16,17,18,19). The van der Waals surface area contributed by atoms with Crippen LogP contribution in [0.4, 0.5) is 0 Å². The molecule has 0 amide bonds. The monoisotopic (exact) mass is 291 g/mol. The van der Waals surface area contributed by atoms with Crippen LogP contribution in [0.1, 0.15) is 33.1 Å². The van der Waals surface area contributed by atoms with Crippen molar-refractivity contribution < 1.29 is 0 Å². The van der Waals surface area contributed by atoms with Crippen LogP contribution in [0.5, 0.6) is 0 Å². The number of thioether (sulfide) groups is 1. The molecular formula is C14H21N5S. The van der Waals surface area contributed by atoms with Crippen molar-refractivity contribution in [2.75, 3.05) is 7.05 Å². The van der Waals surface area contributed by atoms with E-state index in [1.807, 2.05) is 11.8 Å². The lowest BCUT2D eigenvalue weighted by Crippen LogP contribution is -2.43. The first-order chi connectivity index (χ1) is 9.59. The summed E-state index contributed by atoms with van der Waals surface area (Å²) in [6, 6.07) is 0.543. The Morgan fingerprint density at radius 1 is 1.35 bits per heavy atom. The number of H-pyrrole nitrogens is 1. The Morgan fingerprint density at radius 3 is 3.00 bits per heavy atom. The van der Waals surface area contributed by atoms with Gasteiger partial charge in [-0.15, -0.1) is 0 Å². The van der Waals surface area contributed by atoms with Crippen molar-refractivity contribution in [1.82, 2.24) is 25.3 Å². The van der Waals surface area contributed by atoms with Gasteiger partial charge < -0.3 is 10.3 Å². The molecule has 20 heavy (non-hydrogen) atoms. The third-order valence-electron chi connectivity index (χ3n) is 4.16. The summed E-state index contributed by atoms with van der Waals surface area (Å²) in [7, 11) is 2.06. The van der Waals surface area contributed by atoms with Crippen molar-refractivity contribution in [3.63, 3.8) is 0 Å². The van der Waals surface area contributed by atoms with Crippen LogP contribution in [0.25, 0.3) is 11.2 Å². The van der Waals surface area contributed by atoms with Crippen molar-refractivity contribution in [3.8, 4) is 0 Å². The summed E-state index contributed by atoms with van der Waals surface area (Å²) in [5.74, 6) is 0. The zero-order valence-electron chi connectivity index (χ0n) is 12.2. The number of nitrogens with zero attached hydrogens (tertiary/aromatic N) is 3. The molecule has 0 radical (unpaired) electrons. The smallest absolute Gasteiger partial charge is 0.181 e. The minimum atomic E-state index is 0.408. The molecule has 2 aromatic heterocycles. The van der Waals surface area contributed by atoms with E-state index in [4.69, 9.17) is 0 Å². The average Bonchev–Trinajstić information content (AvgIpc) is 2.87. The van der Waals surface area contributed by atoms with Crippen LogP contribution in [0, 0.1) is 5.41 Å². The Hall–Kier alpha value is -1.14. The van der Waals surface area contributed by atoms with E-state index >= 15 is 0 Å². The summed E-state index contributed by atoms with van der Waals surface area (Å²) in [6.45, 7) is 4.72. The number of aromatic amines is 1. The van der Waals surface area contributed by atoms with Crippen LogP contribution in [0.15, 0.2) is 17.7 Å². The molecule has 0 aliphatic heterocycles. The summed E-state index contributed by atoms with van der Waals surface area (Å²) in [5, 5.41) is 5.01. The normalized spacial score (nSPS) is 25.9. The molecule has 2 N–H and O–H groups in total. The predicted molar refractivity (Wildman–Crippen MR) is 81.8 cm³/mol. The minimum absolute atomic E-state index is 0.408. The number of hydrogen-bond donors (Lipinski definition) is 2. The van der Waals surface area contributed by atoms with Gasteiger partial charge in [-0.25, -0.2) is 15.0 Å². The molecule has 1 fully saturated rings. The molecule has 0 aromatic carbocycles. The molecule has 108 valence electrons. The molecule has 1 aliphatic carbocycles. The van der Waals surface area contributed by atoms with E-state index in [0.29, 0.717) is 16.7 Å². The van der Waals surface area contributed by atoms with Gasteiger partial charge >= 0.3 is 0 Å². The summed E-state index contributed by atoms with van der Waals surface area (Å²) in [5.41, 5.74) is 2.11. The Labute approximate surface area is 123 Å². The molecule has 1 aliphatic rings. The van der Waals surface area contributed by atoms with Crippen LogP contribution in [-0.2, 0) is 0 Å². The largest absolute Gasteiger partial charge is 0.341 e. The molecule has 0 saturated heterocycles. The van der Waals surface area contributed by atoms with Crippen LogP contribution in [0.2, 0.25) is 0 Å². The van der Waals surface area contributed by atoms with Crippen LogP contribution >= 0.6 is 11.8 Å². The number of aromatic nitrogens is 4. The van der Waals surface area contributed by atoms with Gasteiger partial charge in [0.15, 0.2) is 5.65 Å². The predicted octanol–water partition coefficient (Wildman–Crippen LogP) is 2.61. The number of nitrogens with one attached hydrogen (secondary N) is 2. The molecule has 2 aromatic rings. The van der Waals surface area contributed by atoms with Gasteiger partial charge in [0.2, 0.25) is 0 Å². The molecule has 6 heteroatoms. The molecule has 5 nitrogen and oxygen atoms in total. The number of imidazole rings is 1. The number of hydrogen-bond acceptors (Lipinski definition) is 5. The summed E-state index contributed by atoms with van der Waals surface area (Å²) < 4.78 is 0. The first kappa shape index (κ1) is 13.8. The average molecular weight is 291 g/mol. The number of rotatable bonds is 3. The third-order valence-corrected chi connectivity index (χ3v) is 5.49. The van der Waals surface area contributed by atoms with E-state index < -0.39 is 0 Å². The Bertz CT molecular complexity index is 594. The van der Waals surface area contributed by atoms with Gasteiger partial charge in [0.25, 0.3) is 0 Å². The third kappa shape index (κ3) is 2.67. The van der Waals surface area contributed by atoms with Gasteiger partial charge in [0, 0.05) is 11.3 Å². The minimum Gasteiger partial charge on any atom is -0.341 e. The highest BCUT2D eigenvalue weighted by atomic mass is 32.2. The maximum atomic E-state index is 4.44. The van der Waals surface area contributed by atoms with Crippen molar-refractivity contribution in [2.45, 2.75) is 49.4 Å². The summed E-state index contributed by atoms with van der Waals surface area (Å²) in [6.07, 6.45) is 6.98. The van der Waals surface area contributed by atoms with E-state index in [-0.39, 0.29) is 0 Å². The topological polar surface area (TPSA) is 66.5 Å². The lowest BCUT2D eigenvalue weighted by Gasteiger charge is -2.40. The zero-order valence-corrected chi connectivity index (χ0v) is 13.0. The SMILES string of the molecule is CNC1CCC(C)(C)CC1Sc1ncnc2nc[nH]c12.